The van der Waals surface area contributed by atoms with Crippen LogP contribution in [0.5, 0.6) is 17.2 Å². The molecular weight excluding hydrogens is 422 g/mol. The van der Waals surface area contributed by atoms with Gasteiger partial charge in [0.2, 0.25) is 11.7 Å². The zero-order valence-electron chi connectivity index (χ0n) is 17.8. The Kier molecular flexibility index (Phi) is 7.36. The van der Waals surface area contributed by atoms with Gasteiger partial charge in [-0.15, -0.1) is 0 Å². The maximum absolute atomic E-state index is 12.9. The fourth-order valence-electron chi connectivity index (χ4n) is 2.95. The number of carbonyl (C=O) groups is 1. The predicted molar refractivity (Wildman–Crippen MR) is 115 cm³/mol. The van der Waals surface area contributed by atoms with E-state index in [1.54, 1.807) is 63.7 Å². The van der Waals surface area contributed by atoms with Crippen LogP contribution in [0.25, 0.3) is 11.4 Å². The highest BCUT2D eigenvalue weighted by molar-refractivity contribution is 6.30. The summed E-state index contributed by atoms with van der Waals surface area (Å²) in [5, 5.41) is 4.56. The number of halogens is 1. The quantitative estimate of drug-likeness (QED) is 0.487. The van der Waals surface area contributed by atoms with Crippen LogP contribution in [-0.4, -0.2) is 48.3 Å². The van der Waals surface area contributed by atoms with Crippen molar-refractivity contribution >= 4 is 17.5 Å². The lowest BCUT2D eigenvalue weighted by Crippen LogP contribution is -2.39. The van der Waals surface area contributed by atoms with Crippen LogP contribution in [0.2, 0.25) is 5.02 Å². The third-order valence-electron chi connectivity index (χ3n) is 4.59. The first-order chi connectivity index (χ1) is 14.9. The van der Waals surface area contributed by atoms with Gasteiger partial charge in [-0.2, -0.15) is 4.98 Å². The van der Waals surface area contributed by atoms with E-state index in [4.69, 9.17) is 30.3 Å². The van der Waals surface area contributed by atoms with Gasteiger partial charge in [-0.3, -0.25) is 4.79 Å². The molecule has 3 aromatic rings. The van der Waals surface area contributed by atoms with E-state index in [1.165, 1.54) is 4.90 Å². The number of nitrogens with zero attached hydrogens (tertiary/aromatic N) is 3. The van der Waals surface area contributed by atoms with E-state index in [9.17, 15) is 4.79 Å². The number of likely N-dealkylation sites (N-methyl/N-ethyl adjacent to an activating group) is 1. The molecule has 3 rings (SSSR count). The fraction of sp³-hybridized carbons (Fsp3) is 0.318. The molecule has 31 heavy (non-hydrogen) atoms. The fourth-order valence-corrected chi connectivity index (χ4v) is 3.13. The zero-order chi connectivity index (χ0) is 22.4. The normalized spacial score (nSPS) is 11.6. The number of rotatable bonds is 9. The molecule has 1 aromatic heterocycles. The maximum Gasteiger partial charge on any atom is 0.263 e. The van der Waals surface area contributed by atoms with Crippen molar-refractivity contribution in [3.05, 3.63) is 53.4 Å². The lowest BCUT2D eigenvalue weighted by atomic mass is 10.2. The Hall–Kier alpha value is -3.26. The van der Waals surface area contributed by atoms with Gasteiger partial charge in [-0.05, 0) is 36.8 Å². The molecule has 0 saturated carbocycles. The van der Waals surface area contributed by atoms with Gasteiger partial charge in [0.15, 0.2) is 6.10 Å². The molecule has 0 N–H and O–H groups in total. The largest absolute Gasteiger partial charge is 0.497 e. The van der Waals surface area contributed by atoms with Crippen LogP contribution in [0.1, 0.15) is 19.2 Å². The third-order valence-corrected chi connectivity index (χ3v) is 4.82. The average Bonchev–Trinajstić information content (AvgIpc) is 3.24. The number of ether oxygens (including phenoxy) is 3. The van der Waals surface area contributed by atoms with Gasteiger partial charge in [0, 0.05) is 18.1 Å². The number of amides is 1. The average molecular weight is 446 g/mol. The first-order valence-electron chi connectivity index (χ1n) is 9.67. The van der Waals surface area contributed by atoms with E-state index in [0.717, 1.165) is 0 Å². The van der Waals surface area contributed by atoms with Crippen LogP contribution in [0, 0.1) is 0 Å². The van der Waals surface area contributed by atoms with Crippen molar-refractivity contribution in [2.75, 3.05) is 21.3 Å². The van der Waals surface area contributed by atoms with Crippen molar-refractivity contribution in [3.63, 3.8) is 0 Å². The van der Waals surface area contributed by atoms with Crippen LogP contribution >= 0.6 is 11.6 Å². The Morgan fingerprint density at radius 1 is 1.16 bits per heavy atom. The SMILES string of the molecule is CC[C@H](Oc1cccc(Cl)c1)C(=O)N(C)Cc1nc(-c2ccc(OC)cc2OC)no1. The minimum atomic E-state index is -0.660. The van der Waals surface area contributed by atoms with Gasteiger partial charge in [0.05, 0.1) is 26.3 Å². The van der Waals surface area contributed by atoms with Gasteiger partial charge in [-0.25, -0.2) is 0 Å². The smallest absolute Gasteiger partial charge is 0.263 e. The second kappa shape index (κ2) is 10.2. The number of carbonyl (C=O) groups excluding carboxylic acids is 1. The molecule has 0 aliphatic heterocycles. The molecule has 2 aromatic carbocycles. The highest BCUT2D eigenvalue weighted by Gasteiger charge is 2.24. The van der Waals surface area contributed by atoms with Crippen molar-refractivity contribution in [2.45, 2.75) is 26.0 Å². The summed E-state index contributed by atoms with van der Waals surface area (Å²) in [6.45, 7) is 2.02. The highest BCUT2D eigenvalue weighted by atomic mass is 35.5. The topological polar surface area (TPSA) is 86.9 Å². The molecule has 9 heteroatoms. The van der Waals surface area contributed by atoms with Crippen LogP contribution < -0.4 is 14.2 Å². The first-order valence-corrected chi connectivity index (χ1v) is 10.0. The molecule has 8 nitrogen and oxygen atoms in total. The Labute approximate surface area is 185 Å². The van der Waals surface area contributed by atoms with Crippen molar-refractivity contribution in [1.29, 1.82) is 0 Å². The molecule has 0 aliphatic carbocycles. The summed E-state index contributed by atoms with van der Waals surface area (Å²) < 4.78 is 21.8. The van der Waals surface area contributed by atoms with Crippen LogP contribution in [-0.2, 0) is 11.3 Å². The third kappa shape index (κ3) is 5.46. The first kappa shape index (κ1) is 22.4. The molecular formula is C22H24ClN3O5. The van der Waals surface area contributed by atoms with Crippen molar-refractivity contribution in [1.82, 2.24) is 15.0 Å². The lowest BCUT2D eigenvalue weighted by Gasteiger charge is -2.22. The lowest BCUT2D eigenvalue weighted by molar-refractivity contribution is -0.138. The van der Waals surface area contributed by atoms with Crippen LogP contribution in [0.15, 0.2) is 47.0 Å². The standard InChI is InChI=1S/C22H24ClN3O5/c1-5-18(30-16-8-6-7-14(23)11-16)22(27)26(2)13-20-24-21(25-31-20)17-10-9-15(28-3)12-19(17)29-4/h6-12,18H,5,13H2,1-4H3/t18-/m0/s1. The molecule has 0 fully saturated rings. The van der Waals surface area contributed by atoms with E-state index >= 15 is 0 Å². The Balaban J connectivity index is 1.70. The van der Waals surface area contributed by atoms with E-state index in [0.29, 0.717) is 46.0 Å². The van der Waals surface area contributed by atoms with Crippen molar-refractivity contribution < 1.29 is 23.5 Å². The molecule has 1 amide bonds. The summed E-state index contributed by atoms with van der Waals surface area (Å²) in [6, 6.07) is 12.2. The Morgan fingerprint density at radius 2 is 1.97 bits per heavy atom. The van der Waals surface area contributed by atoms with Crippen LogP contribution in [0.4, 0.5) is 0 Å². The monoisotopic (exact) mass is 445 g/mol. The van der Waals surface area contributed by atoms with Crippen LogP contribution in [0.3, 0.4) is 0 Å². The summed E-state index contributed by atoms with van der Waals surface area (Å²) in [6.07, 6.45) is -0.166. The van der Waals surface area contributed by atoms with Gasteiger partial charge < -0.3 is 23.6 Å². The molecule has 0 aliphatic rings. The number of hydrogen-bond donors (Lipinski definition) is 0. The molecule has 0 spiro atoms. The summed E-state index contributed by atoms with van der Waals surface area (Å²) in [5.74, 6) is 2.19. The van der Waals surface area contributed by atoms with Gasteiger partial charge in [0.1, 0.15) is 17.2 Å². The summed E-state index contributed by atoms with van der Waals surface area (Å²) in [5.41, 5.74) is 0.656. The minimum Gasteiger partial charge on any atom is -0.497 e. The molecule has 0 saturated heterocycles. The Morgan fingerprint density at radius 3 is 2.65 bits per heavy atom. The predicted octanol–water partition coefficient (Wildman–Crippen LogP) is 4.22. The molecule has 164 valence electrons. The second-order valence-corrected chi connectivity index (χ2v) is 7.18. The number of methoxy groups -OCH3 is 2. The van der Waals surface area contributed by atoms with Crippen molar-refractivity contribution in [3.8, 4) is 28.6 Å². The summed E-state index contributed by atoms with van der Waals surface area (Å²) in [7, 11) is 4.79. The van der Waals surface area contributed by atoms with Gasteiger partial charge >= 0.3 is 0 Å². The van der Waals surface area contributed by atoms with Gasteiger partial charge in [-0.1, -0.05) is 29.7 Å². The molecule has 0 radical (unpaired) electrons. The zero-order valence-corrected chi connectivity index (χ0v) is 18.5. The summed E-state index contributed by atoms with van der Waals surface area (Å²) >= 11 is 5.99. The molecule has 1 atom stereocenters. The van der Waals surface area contributed by atoms with E-state index in [1.807, 2.05) is 6.92 Å². The van der Waals surface area contributed by atoms with E-state index in [2.05, 4.69) is 10.1 Å². The maximum atomic E-state index is 12.9. The number of benzene rings is 2. The second-order valence-electron chi connectivity index (χ2n) is 6.74. The number of hydrogen-bond acceptors (Lipinski definition) is 7. The molecule has 0 bridgehead atoms. The van der Waals surface area contributed by atoms with E-state index < -0.39 is 6.10 Å². The van der Waals surface area contributed by atoms with Gasteiger partial charge in [0.25, 0.3) is 5.91 Å². The van der Waals surface area contributed by atoms with Crippen molar-refractivity contribution in [2.24, 2.45) is 0 Å². The molecule has 0 unspecified atom stereocenters. The van der Waals surface area contributed by atoms with E-state index in [-0.39, 0.29) is 12.5 Å². The highest BCUT2D eigenvalue weighted by Crippen LogP contribution is 2.31. The Bertz CT molecular complexity index is 1040. The molecule has 1 heterocycles. The minimum absolute atomic E-state index is 0.139. The summed E-state index contributed by atoms with van der Waals surface area (Å²) in [4.78, 5) is 18.7. The number of aromatic nitrogens is 2.